The van der Waals surface area contributed by atoms with Crippen LogP contribution >= 0.6 is 11.6 Å². The third kappa shape index (κ3) is 3.62. The summed E-state index contributed by atoms with van der Waals surface area (Å²) in [6.45, 7) is 3.93. The maximum absolute atomic E-state index is 10.5. The van der Waals surface area contributed by atoms with Crippen LogP contribution in [0.1, 0.15) is 30.9 Å². The minimum Gasteiger partial charge on any atom is -0.385 e. The molecular weight excluding hydrogens is 268 g/mol. The van der Waals surface area contributed by atoms with E-state index in [-0.39, 0.29) is 0 Å². The second-order valence-electron chi connectivity index (χ2n) is 5.51. The van der Waals surface area contributed by atoms with E-state index in [1.54, 1.807) is 0 Å². The van der Waals surface area contributed by atoms with Crippen molar-refractivity contribution in [2.24, 2.45) is 0 Å². The van der Waals surface area contributed by atoms with Crippen LogP contribution in [0.4, 0.5) is 0 Å². The van der Waals surface area contributed by atoms with Gasteiger partial charge < -0.3 is 5.11 Å². The van der Waals surface area contributed by atoms with E-state index in [9.17, 15) is 5.11 Å². The summed E-state index contributed by atoms with van der Waals surface area (Å²) in [7, 11) is 0. The second-order valence-corrected chi connectivity index (χ2v) is 5.89. The summed E-state index contributed by atoms with van der Waals surface area (Å²) in [5.74, 6) is 0.581. The number of alkyl halides is 1. The molecular formula is C18H21ClO. The minimum absolute atomic E-state index is 0.581. The van der Waals surface area contributed by atoms with Crippen LogP contribution in [0.25, 0.3) is 11.1 Å². The highest BCUT2D eigenvalue weighted by molar-refractivity contribution is 6.17. The van der Waals surface area contributed by atoms with Crippen molar-refractivity contribution in [3.63, 3.8) is 0 Å². The highest BCUT2D eigenvalue weighted by Crippen LogP contribution is 2.28. The summed E-state index contributed by atoms with van der Waals surface area (Å²) in [6.07, 6.45) is 1.49. The van der Waals surface area contributed by atoms with Gasteiger partial charge in [0.1, 0.15) is 0 Å². The van der Waals surface area contributed by atoms with E-state index >= 15 is 0 Å². The van der Waals surface area contributed by atoms with Crippen LogP contribution in [-0.2, 0) is 5.60 Å². The Hall–Kier alpha value is -1.31. The minimum atomic E-state index is -0.805. The lowest BCUT2D eigenvalue weighted by Gasteiger charge is -2.23. The first-order chi connectivity index (χ1) is 9.53. The molecule has 0 fully saturated rings. The van der Waals surface area contributed by atoms with Crippen LogP contribution in [0.15, 0.2) is 48.5 Å². The van der Waals surface area contributed by atoms with Crippen molar-refractivity contribution in [3.05, 3.63) is 59.7 Å². The number of halogens is 1. The number of rotatable bonds is 5. The lowest BCUT2D eigenvalue weighted by molar-refractivity contribution is 0.0472. The number of benzene rings is 2. The van der Waals surface area contributed by atoms with E-state index in [0.29, 0.717) is 12.3 Å². The zero-order valence-electron chi connectivity index (χ0n) is 12.1. The third-order valence-electron chi connectivity index (χ3n) is 3.69. The zero-order valence-corrected chi connectivity index (χ0v) is 12.8. The Labute approximate surface area is 126 Å². The van der Waals surface area contributed by atoms with Gasteiger partial charge in [0.15, 0.2) is 0 Å². The summed E-state index contributed by atoms with van der Waals surface area (Å²) in [5.41, 5.74) is 3.76. The molecule has 1 atom stereocenters. The van der Waals surface area contributed by atoms with Crippen molar-refractivity contribution in [2.75, 3.05) is 5.88 Å². The molecule has 0 amide bonds. The van der Waals surface area contributed by atoms with Crippen LogP contribution in [0, 0.1) is 6.92 Å². The normalized spacial score (nSPS) is 14.0. The molecule has 0 saturated heterocycles. The number of aliphatic hydroxyl groups is 1. The van der Waals surface area contributed by atoms with Crippen LogP contribution < -0.4 is 0 Å². The van der Waals surface area contributed by atoms with Crippen LogP contribution in [-0.4, -0.2) is 11.0 Å². The van der Waals surface area contributed by atoms with Gasteiger partial charge >= 0.3 is 0 Å². The first-order valence-corrected chi connectivity index (χ1v) is 7.52. The van der Waals surface area contributed by atoms with Crippen molar-refractivity contribution in [3.8, 4) is 11.1 Å². The summed E-state index contributed by atoms with van der Waals surface area (Å²) in [5, 5.41) is 10.5. The van der Waals surface area contributed by atoms with Crippen molar-refractivity contribution in [1.82, 2.24) is 0 Å². The summed E-state index contributed by atoms with van der Waals surface area (Å²) in [6, 6.07) is 16.6. The zero-order chi connectivity index (χ0) is 14.6. The first-order valence-electron chi connectivity index (χ1n) is 6.99. The van der Waals surface area contributed by atoms with Crippen LogP contribution in [0.2, 0.25) is 0 Å². The molecule has 2 aromatic carbocycles. The predicted molar refractivity (Wildman–Crippen MR) is 86.1 cm³/mol. The SMILES string of the molecule is Cc1ccc(-c2ccc(C(C)(O)CCCCl)cc2)cc1. The topological polar surface area (TPSA) is 20.2 Å². The van der Waals surface area contributed by atoms with Gasteiger partial charge in [-0.15, -0.1) is 11.6 Å². The monoisotopic (exact) mass is 288 g/mol. The van der Waals surface area contributed by atoms with Gasteiger partial charge in [0.25, 0.3) is 0 Å². The fraction of sp³-hybridized carbons (Fsp3) is 0.333. The van der Waals surface area contributed by atoms with E-state index in [2.05, 4.69) is 43.3 Å². The smallest absolute Gasteiger partial charge is 0.0869 e. The molecule has 106 valence electrons. The second kappa shape index (κ2) is 6.43. The molecule has 20 heavy (non-hydrogen) atoms. The summed E-state index contributed by atoms with van der Waals surface area (Å²) in [4.78, 5) is 0. The van der Waals surface area contributed by atoms with Crippen molar-refractivity contribution < 1.29 is 5.11 Å². The fourth-order valence-electron chi connectivity index (χ4n) is 2.32. The molecule has 0 aliphatic rings. The highest BCUT2D eigenvalue weighted by Gasteiger charge is 2.22. The quantitative estimate of drug-likeness (QED) is 0.777. The van der Waals surface area contributed by atoms with Gasteiger partial charge in [0, 0.05) is 5.88 Å². The Morgan fingerprint density at radius 1 is 0.950 bits per heavy atom. The molecule has 0 aliphatic heterocycles. The Morgan fingerprint density at radius 2 is 1.45 bits per heavy atom. The van der Waals surface area contributed by atoms with Crippen LogP contribution in [0.3, 0.4) is 0 Å². The molecule has 0 spiro atoms. The molecule has 1 unspecified atom stereocenters. The maximum atomic E-state index is 10.5. The lowest BCUT2D eigenvalue weighted by Crippen LogP contribution is -2.21. The lowest BCUT2D eigenvalue weighted by atomic mass is 9.90. The van der Waals surface area contributed by atoms with Crippen molar-refractivity contribution >= 4 is 11.6 Å². The van der Waals surface area contributed by atoms with Gasteiger partial charge in [0.05, 0.1) is 5.60 Å². The number of hydrogen-bond acceptors (Lipinski definition) is 1. The number of hydrogen-bond donors (Lipinski definition) is 1. The van der Waals surface area contributed by atoms with Gasteiger partial charge in [-0.25, -0.2) is 0 Å². The molecule has 0 saturated carbocycles. The van der Waals surface area contributed by atoms with E-state index in [1.807, 2.05) is 19.1 Å². The Bertz CT molecular complexity index is 541. The van der Waals surface area contributed by atoms with Gasteiger partial charge in [-0.3, -0.25) is 0 Å². The average Bonchev–Trinajstić information content (AvgIpc) is 2.46. The first kappa shape index (κ1) is 15.1. The van der Waals surface area contributed by atoms with Gasteiger partial charge in [0.2, 0.25) is 0 Å². The molecule has 1 N–H and O–H groups in total. The van der Waals surface area contributed by atoms with Crippen LogP contribution in [0.5, 0.6) is 0 Å². The maximum Gasteiger partial charge on any atom is 0.0869 e. The van der Waals surface area contributed by atoms with Gasteiger partial charge in [-0.2, -0.15) is 0 Å². The molecule has 0 bridgehead atoms. The molecule has 2 rings (SSSR count). The fourth-order valence-corrected chi connectivity index (χ4v) is 2.46. The molecule has 2 aromatic rings. The standard InChI is InChI=1S/C18H21ClO/c1-14-4-6-15(7-5-14)16-8-10-17(11-9-16)18(2,20)12-3-13-19/h4-11,20H,3,12-13H2,1-2H3. The van der Waals surface area contributed by atoms with Gasteiger partial charge in [-0.05, 0) is 43.4 Å². The molecule has 2 heteroatoms. The predicted octanol–water partition coefficient (Wildman–Crippen LogP) is 4.89. The average molecular weight is 289 g/mol. The Morgan fingerprint density at radius 3 is 1.95 bits per heavy atom. The largest absolute Gasteiger partial charge is 0.385 e. The Kier molecular flexibility index (Phi) is 4.85. The van der Waals surface area contributed by atoms with E-state index in [1.165, 1.54) is 16.7 Å². The molecule has 0 radical (unpaired) electrons. The summed E-state index contributed by atoms with van der Waals surface area (Å²) < 4.78 is 0. The van der Waals surface area contributed by atoms with Gasteiger partial charge in [-0.1, -0.05) is 54.1 Å². The van der Waals surface area contributed by atoms with E-state index in [4.69, 9.17) is 11.6 Å². The third-order valence-corrected chi connectivity index (χ3v) is 3.96. The summed E-state index contributed by atoms with van der Waals surface area (Å²) >= 11 is 5.70. The molecule has 0 aliphatic carbocycles. The molecule has 0 heterocycles. The van der Waals surface area contributed by atoms with Crippen molar-refractivity contribution in [2.45, 2.75) is 32.3 Å². The Balaban J connectivity index is 2.19. The van der Waals surface area contributed by atoms with Crippen molar-refractivity contribution in [1.29, 1.82) is 0 Å². The van der Waals surface area contributed by atoms with E-state index in [0.717, 1.165) is 12.0 Å². The van der Waals surface area contributed by atoms with E-state index < -0.39 is 5.60 Å². The molecule has 1 nitrogen and oxygen atoms in total. The highest BCUT2D eigenvalue weighted by atomic mass is 35.5. The number of aryl methyl sites for hydroxylation is 1. The molecule has 0 aromatic heterocycles.